The molecule has 1 aromatic carbocycles. The molecule has 44 heavy (non-hydrogen) atoms. The monoisotopic (exact) mass is 673 g/mol. The van der Waals surface area contributed by atoms with E-state index in [0.717, 1.165) is 0 Å². The molecule has 240 valence electrons. The second-order valence-electron chi connectivity index (χ2n) is 12.1. The molecule has 3 amide bonds. The summed E-state index contributed by atoms with van der Waals surface area (Å²) in [5.41, 5.74) is -0.549. The van der Waals surface area contributed by atoms with Gasteiger partial charge in [-0.15, -0.1) is 13.2 Å². The van der Waals surface area contributed by atoms with E-state index in [1.807, 2.05) is 44.2 Å². The molecule has 2 N–H and O–H groups in total. The number of rotatable bonds is 15. The number of carbonyl (C=O) groups is 4. The maximum absolute atomic E-state index is 14.2. The minimum absolute atomic E-state index is 0.146. The van der Waals surface area contributed by atoms with Crippen molar-refractivity contribution in [3.05, 3.63) is 61.2 Å². The minimum Gasteiger partial charge on any atom is -0.455 e. The van der Waals surface area contributed by atoms with Gasteiger partial charge in [-0.3, -0.25) is 19.2 Å². The molecular formula is C33H44BrN3O7. The molecule has 3 saturated heterocycles. The summed E-state index contributed by atoms with van der Waals surface area (Å²) in [5.74, 6) is -3.36. The molecule has 3 heterocycles. The normalized spacial score (nSPS) is 28.4. The summed E-state index contributed by atoms with van der Waals surface area (Å²) < 4.78 is 12.8. The van der Waals surface area contributed by atoms with Gasteiger partial charge in [-0.25, -0.2) is 0 Å². The number of amides is 3. The Labute approximate surface area is 267 Å². The summed E-state index contributed by atoms with van der Waals surface area (Å²) >= 11 is 3.69. The number of allylic oxidation sites excluding steroid dienone is 1. The van der Waals surface area contributed by atoms with E-state index in [4.69, 9.17) is 9.47 Å². The highest BCUT2D eigenvalue weighted by Gasteiger charge is 2.77. The topological polar surface area (TPSA) is 125 Å². The summed E-state index contributed by atoms with van der Waals surface area (Å²) in [6.07, 6.45) is 3.20. The number of carbonyl (C=O) groups excluding carboxylic acids is 4. The molecule has 10 nitrogen and oxygen atoms in total. The fourth-order valence-electron chi connectivity index (χ4n) is 6.95. The number of alkyl halides is 1. The zero-order chi connectivity index (χ0) is 32.2. The minimum atomic E-state index is -1.24. The molecule has 1 aromatic rings. The van der Waals surface area contributed by atoms with Gasteiger partial charge in [0.1, 0.15) is 17.7 Å². The van der Waals surface area contributed by atoms with Crippen molar-refractivity contribution >= 4 is 39.6 Å². The Balaban J connectivity index is 1.68. The third-order valence-electron chi connectivity index (χ3n) is 8.87. The molecule has 1 spiro atoms. The number of likely N-dealkylation sites (tertiary alicyclic amines) is 1. The predicted molar refractivity (Wildman–Crippen MR) is 168 cm³/mol. The van der Waals surface area contributed by atoms with Gasteiger partial charge in [0.05, 0.1) is 24.0 Å². The van der Waals surface area contributed by atoms with E-state index in [0.29, 0.717) is 18.4 Å². The third-order valence-corrected chi connectivity index (χ3v) is 9.72. The van der Waals surface area contributed by atoms with Crippen LogP contribution in [0.4, 0.5) is 0 Å². The first-order valence-corrected chi connectivity index (χ1v) is 16.2. The van der Waals surface area contributed by atoms with E-state index in [-0.39, 0.29) is 61.1 Å². The number of esters is 1. The zero-order valence-electron chi connectivity index (χ0n) is 25.7. The van der Waals surface area contributed by atoms with E-state index in [9.17, 15) is 24.3 Å². The molecule has 0 saturated carbocycles. The quantitative estimate of drug-likeness (QED) is 0.166. The van der Waals surface area contributed by atoms with Crippen LogP contribution in [0.3, 0.4) is 0 Å². The molecule has 1 unspecified atom stereocenters. The van der Waals surface area contributed by atoms with Crippen LogP contribution in [-0.2, 0) is 28.7 Å². The van der Waals surface area contributed by atoms with E-state index in [1.54, 1.807) is 24.0 Å². The van der Waals surface area contributed by atoms with Crippen LogP contribution < -0.4 is 5.32 Å². The predicted octanol–water partition coefficient (Wildman–Crippen LogP) is 3.30. The summed E-state index contributed by atoms with van der Waals surface area (Å²) in [7, 11) is 0. The van der Waals surface area contributed by atoms with Gasteiger partial charge in [-0.1, -0.05) is 58.4 Å². The second kappa shape index (κ2) is 14.4. The van der Waals surface area contributed by atoms with Crippen LogP contribution in [0.25, 0.3) is 0 Å². The van der Waals surface area contributed by atoms with Crippen LogP contribution in [0, 0.1) is 11.8 Å². The Kier molecular flexibility index (Phi) is 11.1. The van der Waals surface area contributed by atoms with E-state index >= 15 is 0 Å². The van der Waals surface area contributed by atoms with Gasteiger partial charge in [0.15, 0.2) is 0 Å². The first kappa shape index (κ1) is 33.9. The fraction of sp³-hybridized carbons (Fsp3) is 0.576. The Morgan fingerprint density at radius 1 is 1.23 bits per heavy atom. The Morgan fingerprint density at radius 3 is 2.55 bits per heavy atom. The lowest BCUT2D eigenvalue weighted by Gasteiger charge is -2.38. The van der Waals surface area contributed by atoms with Crippen LogP contribution >= 0.6 is 15.9 Å². The number of nitrogens with zero attached hydrogens (tertiary/aromatic N) is 2. The Bertz CT molecular complexity index is 1240. The van der Waals surface area contributed by atoms with Gasteiger partial charge in [-0.05, 0) is 45.6 Å². The molecule has 8 atom stereocenters. The zero-order valence-corrected chi connectivity index (χ0v) is 27.3. The number of aliphatic hydroxyl groups is 1. The third kappa shape index (κ3) is 6.37. The first-order valence-electron chi connectivity index (χ1n) is 15.3. The number of nitrogens with one attached hydrogen (secondary N) is 1. The van der Waals surface area contributed by atoms with Crippen LogP contribution in [0.5, 0.6) is 0 Å². The van der Waals surface area contributed by atoms with E-state index in [2.05, 4.69) is 34.4 Å². The Morgan fingerprint density at radius 2 is 1.93 bits per heavy atom. The lowest BCUT2D eigenvalue weighted by atomic mass is 9.70. The van der Waals surface area contributed by atoms with Crippen LogP contribution in [0.15, 0.2) is 55.6 Å². The fourth-order valence-corrected chi connectivity index (χ4v) is 7.89. The molecule has 0 aromatic heterocycles. The highest BCUT2D eigenvalue weighted by Crippen LogP contribution is 2.60. The van der Waals surface area contributed by atoms with Crippen molar-refractivity contribution in [2.75, 3.05) is 19.7 Å². The smallest absolute Gasteiger partial charge is 0.313 e. The lowest BCUT2D eigenvalue weighted by molar-refractivity contribution is -0.162. The first-order chi connectivity index (χ1) is 21.0. The average Bonchev–Trinajstić information content (AvgIpc) is 3.59. The van der Waals surface area contributed by atoms with E-state index < -0.39 is 47.7 Å². The number of hydrogen-bond acceptors (Lipinski definition) is 7. The van der Waals surface area contributed by atoms with Crippen LogP contribution in [0.2, 0.25) is 0 Å². The molecular weight excluding hydrogens is 630 g/mol. The average molecular weight is 675 g/mol. The van der Waals surface area contributed by atoms with Crippen molar-refractivity contribution in [1.82, 2.24) is 15.1 Å². The van der Waals surface area contributed by atoms with Crippen molar-refractivity contribution in [2.45, 2.75) is 87.2 Å². The van der Waals surface area contributed by atoms with Crippen molar-refractivity contribution in [3.63, 3.8) is 0 Å². The van der Waals surface area contributed by atoms with Gasteiger partial charge < -0.3 is 29.7 Å². The van der Waals surface area contributed by atoms with Crippen molar-refractivity contribution in [2.24, 2.45) is 11.8 Å². The highest BCUT2D eigenvalue weighted by atomic mass is 79.9. The summed E-state index contributed by atoms with van der Waals surface area (Å²) in [4.78, 5) is 58.0. The molecule has 0 aliphatic carbocycles. The van der Waals surface area contributed by atoms with Gasteiger partial charge in [-0.2, -0.15) is 0 Å². The standard InChI is InChI=1S/C33H44BrN3O7/c1-6-8-15-24(39)35-21(5)27(22-13-10-9-11-14-22)43-32(42)25-26-30(40)37(17-12-18-38)29(31(41)36(16-7-2)20(3)4)33(26)19-23(34)28(25)44-33/h6-7,9-11,13-14,20-21,23,25-29,38H,1-2,8,12,15-19H2,3-5H3,(H,35,39)/t21-,23?,25-,26+,27-,28-,29-,33+/m0/s1. The van der Waals surface area contributed by atoms with Crippen molar-refractivity contribution < 1.29 is 33.8 Å². The number of halogens is 1. The number of benzene rings is 1. The SMILES string of the molecule is C=CCCC(=O)N[C@@H](C)[C@H](OC(=O)[C@@H]1[C@H]2O[C@@]3(CC2Br)[C@H](C(=O)N(CC=C)C(C)C)N(CCCO)C(=O)[C@@H]13)c1ccccc1. The molecule has 11 heteroatoms. The summed E-state index contributed by atoms with van der Waals surface area (Å²) in [5, 5.41) is 12.5. The summed E-state index contributed by atoms with van der Waals surface area (Å²) in [6, 6.07) is 7.44. The van der Waals surface area contributed by atoms with Crippen LogP contribution in [-0.4, -0.2) is 93.0 Å². The number of hydrogen-bond donors (Lipinski definition) is 2. The highest BCUT2D eigenvalue weighted by molar-refractivity contribution is 9.09. The van der Waals surface area contributed by atoms with Crippen molar-refractivity contribution in [1.29, 1.82) is 0 Å². The largest absolute Gasteiger partial charge is 0.455 e. The van der Waals surface area contributed by atoms with Crippen LogP contribution in [0.1, 0.15) is 58.1 Å². The summed E-state index contributed by atoms with van der Waals surface area (Å²) in [6.45, 7) is 13.3. The van der Waals surface area contributed by atoms with Gasteiger partial charge >= 0.3 is 5.97 Å². The maximum Gasteiger partial charge on any atom is 0.313 e. The number of ether oxygens (including phenoxy) is 2. The molecule has 3 fully saturated rings. The molecule has 3 aliphatic rings. The van der Waals surface area contributed by atoms with Gasteiger partial charge in [0.25, 0.3) is 0 Å². The Hall–Kier alpha value is -3.02. The second-order valence-corrected chi connectivity index (χ2v) is 13.3. The molecule has 3 aliphatic heterocycles. The maximum atomic E-state index is 14.2. The number of aliphatic hydroxyl groups excluding tert-OH is 1. The molecule has 4 rings (SSSR count). The lowest BCUT2D eigenvalue weighted by Crippen LogP contribution is -2.58. The van der Waals surface area contributed by atoms with Crippen molar-refractivity contribution in [3.8, 4) is 0 Å². The van der Waals surface area contributed by atoms with E-state index in [1.165, 1.54) is 4.90 Å². The van der Waals surface area contributed by atoms with Gasteiger partial charge in [0, 0.05) is 37.0 Å². The van der Waals surface area contributed by atoms with Gasteiger partial charge in [0.2, 0.25) is 17.7 Å². The number of fused-ring (bicyclic) bond motifs is 1. The molecule has 0 radical (unpaired) electrons. The molecule has 2 bridgehead atoms.